The van der Waals surface area contributed by atoms with Gasteiger partial charge in [0.1, 0.15) is 0 Å². The third kappa shape index (κ3) is 5.61. The maximum atomic E-state index is 12.2. The molecule has 1 aliphatic heterocycles. The number of carbonyl (C=O) groups excluding carboxylic acids is 2. The summed E-state index contributed by atoms with van der Waals surface area (Å²) < 4.78 is 40.7. The molecule has 1 unspecified atom stereocenters. The molecule has 2 rings (SSSR count). The fourth-order valence-electron chi connectivity index (χ4n) is 2.50. The van der Waals surface area contributed by atoms with Crippen LogP contribution in [0.5, 0.6) is 5.88 Å². The zero-order valence-corrected chi connectivity index (χ0v) is 14.0. The van der Waals surface area contributed by atoms with Gasteiger partial charge in [0, 0.05) is 37.8 Å². The molecular formula is C16H20F3N3O3. The molecule has 0 aromatic carbocycles. The van der Waals surface area contributed by atoms with E-state index in [-0.39, 0.29) is 36.7 Å². The molecule has 1 aromatic heterocycles. The van der Waals surface area contributed by atoms with E-state index in [1.807, 2.05) is 13.8 Å². The Bertz CT molecular complexity index is 617. The van der Waals surface area contributed by atoms with Gasteiger partial charge in [-0.2, -0.15) is 13.2 Å². The van der Waals surface area contributed by atoms with Gasteiger partial charge in [0.05, 0.1) is 5.92 Å². The van der Waals surface area contributed by atoms with Crippen LogP contribution < -0.4 is 10.1 Å². The molecule has 1 aliphatic rings. The lowest BCUT2D eigenvalue weighted by Crippen LogP contribution is -2.35. The quantitative estimate of drug-likeness (QED) is 0.842. The average Bonchev–Trinajstić information content (AvgIpc) is 2.93. The fourth-order valence-corrected chi connectivity index (χ4v) is 2.50. The monoisotopic (exact) mass is 359 g/mol. The number of alkyl halides is 3. The first kappa shape index (κ1) is 19.0. The van der Waals surface area contributed by atoms with Gasteiger partial charge in [-0.3, -0.25) is 9.59 Å². The van der Waals surface area contributed by atoms with Crippen LogP contribution in [0.15, 0.2) is 18.3 Å². The van der Waals surface area contributed by atoms with E-state index >= 15 is 0 Å². The Balaban J connectivity index is 1.81. The van der Waals surface area contributed by atoms with Crippen molar-refractivity contribution < 1.29 is 27.5 Å². The predicted octanol–water partition coefficient (Wildman–Crippen LogP) is 1.90. The van der Waals surface area contributed by atoms with Crippen LogP contribution in [-0.4, -0.2) is 47.1 Å². The first-order chi connectivity index (χ1) is 11.7. The lowest BCUT2D eigenvalue weighted by Gasteiger charge is -2.20. The van der Waals surface area contributed by atoms with Crippen LogP contribution in [0, 0.1) is 5.92 Å². The van der Waals surface area contributed by atoms with Crippen molar-refractivity contribution in [3.63, 3.8) is 0 Å². The SMILES string of the molecule is CC(C)N1CC(C(=O)NCc2ccc(OCC(F)(F)F)nc2)CC1=O. The molecule has 1 N–H and O–H groups in total. The molecule has 2 heterocycles. The number of aromatic nitrogens is 1. The molecule has 0 saturated carbocycles. The molecule has 9 heteroatoms. The Hall–Kier alpha value is -2.32. The van der Waals surface area contributed by atoms with E-state index < -0.39 is 18.7 Å². The molecule has 0 aliphatic carbocycles. The smallest absolute Gasteiger partial charge is 0.422 e. The summed E-state index contributed by atoms with van der Waals surface area (Å²) in [6.45, 7) is 2.96. The Morgan fingerprint density at radius 1 is 1.44 bits per heavy atom. The standard InChI is InChI=1S/C16H20F3N3O3/c1-10(2)22-8-12(5-14(22)23)15(24)21-7-11-3-4-13(20-6-11)25-9-16(17,18)19/h3-4,6,10,12H,5,7-9H2,1-2H3,(H,21,24). The normalized spacial score (nSPS) is 17.9. The van der Waals surface area contributed by atoms with Crippen LogP contribution in [-0.2, 0) is 16.1 Å². The molecule has 0 spiro atoms. The van der Waals surface area contributed by atoms with Gasteiger partial charge in [0.2, 0.25) is 17.7 Å². The largest absolute Gasteiger partial charge is 0.468 e. The van der Waals surface area contributed by atoms with Gasteiger partial charge < -0.3 is 15.0 Å². The maximum absolute atomic E-state index is 12.2. The Kier molecular flexibility index (Phi) is 5.86. The first-order valence-electron chi connectivity index (χ1n) is 7.87. The van der Waals surface area contributed by atoms with E-state index in [0.29, 0.717) is 12.1 Å². The minimum Gasteiger partial charge on any atom is -0.468 e. The van der Waals surface area contributed by atoms with Crippen LogP contribution >= 0.6 is 0 Å². The number of pyridine rings is 1. The van der Waals surface area contributed by atoms with E-state index in [9.17, 15) is 22.8 Å². The zero-order valence-electron chi connectivity index (χ0n) is 14.0. The van der Waals surface area contributed by atoms with E-state index in [2.05, 4.69) is 15.0 Å². The highest BCUT2D eigenvalue weighted by Crippen LogP contribution is 2.20. The van der Waals surface area contributed by atoms with Gasteiger partial charge >= 0.3 is 6.18 Å². The van der Waals surface area contributed by atoms with Gasteiger partial charge in [0.15, 0.2) is 6.61 Å². The van der Waals surface area contributed by atoms with Crippen molar-refractivity contribution in [1.29, 1.82) is 0 Å². The average molecular weight is 359 g/mol. The van der Waals surface area contributed by atoms with Crippen molar-refractivity contribution in [3.05, 3.63) is 23.9 Å². The summed E-state index contributed by atoms with van der Waals surface area (Å²) in [5.41, 5.74) is 0.623. The van der Waals surface area contributed by atoms with Crippen LogP contribution in [0.2, 0.25) is 0 Å². The van der Waals surface area contributed by atoms with Crippen molar-refractivity contribution in [2.75, 3.05) is 13.2 Å². The lowest BCUT2D eigenvalue weighted by atomic mass is 10.1. The second-order valence-corrected chi connectivity index (χ2v) is 6.17. The van der Waals surface area contributed by atoms with Gasteiger partial charge in [0.25, 0.3) is 0 Å². The Morgan fingerprint density at radius 2 is 2.16 bits per heavy atom. The molecule has 0 bridgehead atoms. The van der Waals surface area contributed by atoms with Crippen molar-refractivity contribution in [2.45, 2.75) is 39.0 Å². The van der Waals surface area contributed by atoms with E-state index in [1.54, 1.807) is 4.90 Å². The van der Waals surface area contributed by atoms with E-state index in [1.165, 1.54) is 18.3 Å². The Labute approximate surface area is 143 Å². The topological polar surface area (TPSA) is 71.5 Å². The van der Waals surface area contributed by atoms with Gasteiger partial charge in [-0.25, -0.2) is 4.98 Å². The highest BCUT2D eigenvalue weighted by atomic mass is 19.4. The van der Waals surface area contributed by atoms with Crippen LogP contribution in [0.1, 0.15) is 25.8 Å². The van der Waals surface area contributed by atoms with Crippen LogP contribution in [0.3, 0.4) is 0 Å². The molecule has 1 saturated heterocycles. The van der Waals surface area contributed by atoms with Crippen molar-refractivity contribution in [3.8, 4) is 5.88 Å². The second kappa shape index (κ2) is 7.71. The second-order valence-electron chi connectivity index (χ2n) is 6.17. The lowest BCUT2D eigenvalue weighted by molar-refractivity contribution is -0.154. The first-order valence-corrected chi connectivity index (χ1v) is 7.87. The van der Waals surface area contributed by atoms with E-state index in [0.717, 1.165) is 0 Å². The van der Waals surface area contributed by atoms with E-state index in [4.69, 9.17) is 0 Å². The Morgan fingerprint density at radius 3 is 2.68 bits per heavy atom. The van der Waals surface area contributed by atoms with Crippen molar-refractivity contribution in [2.24, 2.45) is 5.92 Å². The number of nitrogens with one attached hydrogen (secondary N) is 1. The van der Waals surface area contributed by atoms with Crippen LogP contribution in [0.4, 0.5) is 13.2 Å². The molecule has 1 aromatic rings. The molecular weight excluding hydrogens is 339 g/mol. The van der Waals surface area contributed by atoms with Crippen molar-refractivity contribution >= 4 is 11.8 Å². The summed E-state index contributed by atoms with van der Waals surface area (Å²) in [7, 11) is 0. The van der Waals surface area contributed by atoms with Crippen LogP contribution in [0.25, 0.3) is 0 Å². The highest BCUT2D eigenvalue weighted by molar-refractivity contribution is 5.89. The summed E-state index contributed by atoms with van der Waals surface area (Å²) in [6.07, 6.45) is -2.89. The molecule has 2 amide bonds. The summed E-state index contributed by atoms with van der Waals surface area (Å²) in [6, 6.07) is 2.89. The summed E-state index contributed by atoms with van der Waals surface area (Å²) in [4.78, 5) is 29.4. The van der Waals surface area contributed by atoms with Crippen molar-refractivity contribution in [1.82, 2.24) is 15.2 Å². The number of hydrogen-bond donors (Lipinski definition) is 1. The molecule has 138 valence electrons. The van der Waals surface area contributed by atoms with Gasteiger partial charge in [-0.15, -0.1) is 0 Å². The summed E-state index contributed by atoms with van der Waals surface area (Å²) >= 11 is 0. The summed E-state index contributed by atoms with van der Waals surface area (Å²) in [5.74, 6) is -0.796. The maximum Gasteiger partial charge on any atom is 0.422 e. The molecule has 1 atom stereocenters. The molecule has 25 heavy (non-hydrogen) atoms. The predicted molar refractivity (Wildman–Crippen MR) is 82.6 cm³/mol. The number of amides is 2. The molecule has 6 nitrogen and oxygen atoms in total. The number of hydrogen-bond acceptors (Lipinski definition) is 4. The fraction of sp³-hybridized carbons (Fsp3) is 0.562. The number of halogens is 3. The number of carbonyl (C=O) groups is 2. The number of ether oxygens (including phenoxy) is 1. The number of likely N-dealkylation sites (tertiary alicyclic amines) is 1. The number of nitrogens with zero attached hydrogens (tertiary/aromatic N) is 2. The molecule has 1 fully saturated rings. The summed E-state index contributed by atoms with van der Waals surface area (Å²) in [5, 5.41) is 2.72. The molecule has 0 radical (unpaired) electrons. The minimum atomic E-state index is -4.42. The highest BCUT2D eigenvalue weighted by Gasteiger charge is 2.35. The van der Waals surface area contributed by atoms with Gasteiger partial charge in [-0.05, 0) is 19.4 Å². The third-order valence-corrected chi connectivity index (χ3v) is 3.80. The number of rotatable bonds is 6. The van der Waals surface area contributed by atoms with Gasteiger partial charge in [-0.1, -0.05) is 6.07 Å². The zero-order chi connectivity index (χ0) is 18.6. The third-order valence-electron chi connectivity index (χ3n) is 3.80. The minimum absolute atomic E-state index is 0.0389.